The number of anilines is 2. The Morgan fingerprint density at radius 3 is 2.42 bits per heavy atom. The fourth-order valence-electron chi connectivity index (χ4n) is 4.57. The van der Waals surface area contributed by atoms with E-state index in [0.29, 0.717) is 49.2 Å². The Morgan fingerprint density at radius 2 is 1.76 bits per heavy atom. The number of alkyl halides is 3. The third kappa shape index (κ3) is 4.71. The van der Waals surface area contributed by atoms with Crippen molar-refractivity contribution in [1.29, 1.82) is 0 Å². The van der Waals surface area contributed by atoms with Crippen molar-refractivity contribution >= 4 is 17.4 Å². The van der Waals surface area contributed by atoms with Gasteiger partial charge in [-0.3, -0.25) is 9.69 Å². The Kier molecular flexibility index (Phi) is 5.55. The third-order valence-corrected chi connectivity index (χ3v) is 6.32. The highest BCUT2D eigenvalue weighted by Gasteiger charge is 2.44. The molecule has 7 nitrogen and oxygen atoms in total. The molecule has 1 aliphatic carbocycles. The van der Waals surface area contributed by atoms with Crippen LogP contribution in [0.5, 0.6) is 11.5 Å². The number of hydrogen-bond donors (Lipinski definition) is 1. The molecule has 33 heavy (non-hydrogen) atoms. The molecule has 2 aromatic rings. The molecule has 10 heteroatoms. The number of nitrogens with zero attached hydrogens (tertiary/aromatic N) is 3. The van der Waals surface area contributed by atoms with E-state index in [1.54, 1.807) is 6.07 Å². The van der Waals surface area contributed by atoms with E-state index in [9.17, 15) is 18.0 Å². The predicted octanol–water partition coefficient (Wildman–Crippen LogP) is 3.90. The highest BCUT2D eigenvalue weighted by Crippen LogP contribution is 2.47. The first kappa shape index (κ1) is 21.8. The fraction of sp³-hybridized carbons (Fsp3) is 0.478. The molecule has 2 fully saturated rings. The zero-order valence-electron chi connectivity index (χ0n) is 18.0. The fourth-order valence-corrected chi connectivity index (χ4v) is 4.57. The lowest BCUT2D eigenvalue weighted by Crippen LogP contribution is -2.48. The van der Waals surface area contributed by atoms with E-state index < -0.39 is 17.5 Å². The van der Waals surface area contributed by atoms with Crippen molar-refractivity contribution in [3.8, 4) is 11.5 Å². The Bertz CT molecular complexity index is 1010. The van der Waals surface area contributed by atoms with Gasteiger partial charge in [-0.1, -0.05) is 0 Å². The van der Waals surface area contributed by atoms with Crippen molar-refractivity contribution in [2.24, 2.45) is 0 Å². The van der Waals surface area contributed by atoms with Gasteiger partial charge in [-0.05, 0) is 37.1 Å². The van der Waals surface area contributed by atoms with Gasteiger partial charge in [0.2, 0.25) is 5.91 Å². The van der Waals surface area contributed by atoms with Gasteiger partial charge in [0.05, 0.1) is 12.1 Å². The van der Waals surface area contributed by atoms with E-state index in [1.807, 2.05) is 21.9 Å². The number of rotatable bonds is 4. The smallest absolute Gasteiger partial charge is 0.417 e. The first-order valence-electron chi connectivity index (χ1n) is 11.1. The molecule has 0 bridgehead atoms. The number of carbonyl (C=O) groups excluding carboxylic acids is 1. The van der Waals surface area contributed by atoms with Crippen LogP contribution in [0.2, 0.25) is 0 Å². The minimum Gasteiger partial charge on any atom is -0.448 e. The maximum atomic E-state index is 12.7. The summed E-state index contributed by atoms with van der Waals surface area (Å²) in [6.45, 7) is 2.61. The van der Waals surface area contributed by atoms with Gasteiger partial charge in [0, 0.05) is 57.0 Å². The topological polar surface area (TPSA) is 66.9 Å². The molecule has 1 N–H and O–H groups in total. The number of halogens is 3. The highest BCUT2D eigenvalue weighted by molar-refractivity contribution is 5.92. The molecule has 1 aromatic heterocycles. The van der Waals surface area contributed by atoms with E-state index in [-0.39, 0.29) is 12.5 Å². The Morgan fingerprint density at radius 1 is 1.03 bits per heavy atom. The second-order valence-corrected chi connectivity index (χ2v) is 8.70. The van der Waals surface area contributed by atoms with Crippen LogP contribution in [0.4, 0.5) is 24.7 Å². The number of pyridine rings is 1. The van der Waals surface area contributed by atoms with Gasteiger partial charge >= 0.3 is 6.18 Å². The van der Waals surface area contributed by atoms with Crippen molar-refractivity contribution < 1.29 is 27.4 Å². The summed E-state index contributed by atoms with van der Waals surface area (Å²) in [5.74, 6) is 1.21. The molecular weight excluding hydrogens is 437 g/mol. The Hall–Kier alpha value is -3.01. The number of aromatic nitrogens is 1. The van der Waals surface area contributed by atoms with Crippen LogP contribution in [0.1, 0.15) is 31.2 Å². The normalized spacial score (nSPS) is 19.8. The monoisotopic (exact) mass is 462 g/mol. The first-order valence-corrected chi connectivity index (χ1v) is 11.1. The maximum Gasteiger partial charge on any atom is 0.417 e. The van der Waals surface area contributed by atoms with Crippen molar-refractivity contribution in [2.45, 2.75) is 37.6 Å². The zero-order chi connectivity index (χ0) is 23.1. The molecule has 1 saturated heterocycles. The van der Waals surface area contributed by atoms with E-state index >= 15 is 0 Å². The van der Waals surface area contributed by atoms with Crippen molar-refractivity contribution in [2.75, 3.05) is 42.9 Å². The van der Waals surface area contributed by atoms with E-state index in [4.69, 9.17) is 9.47 Å². The summed E-state index contributed by atoms with van der Waals surface area (Å²) >= 11 is 0. The third-order valence-electron chi connectivity index (χ3n) is 6.32. The molecule has 0 unspecified atom stereocenters. The van der Waals surface area contributed by atoms with Crippen molar-refractivity contribution in [3.05, 3.63) is 42.1 Å². The van der Waals surface area contributed by atoms with Gasteiger partial charge < -0.3 is 19.7 Å². The van der Waals surface area contributed by atoms with E-state index in [2.05, 4.69) is 10.3 Å². The van der Waals surface area contributed by atoms with Gasteiger partial charge in [-0.15, -0.1) is 0 Å². The van der Waals surface area contributed by atoms with Gasteiger partial charge in [0.25, 0.3) is 5.79 Å². The van der Waals surface area contributed by atoms with E-state index in [0.717, 1.165) is 37.9 Å². The quantitative estimate of drug-likeness (QED) is 0.744. The number of piperazine rings is 1. The van der Waals surface area contributed by atoms with Gasteiger partial charge in [-0.25, -0.2) is 4.98 Å². The molecule has 3 aliphatic rings. The van der Waals surface area contributed by atoms with Crippen LogP contribution in [-0.2, 0) is 11.0 Å². The van der Waals surface area contributed by atoms with Crippen LogP contribution in [-0.4, -0.2) is 54.3 Å². The lowest BCUT2D eigenvalue weighted by molar-refractivity contribution is -0.137. The molecule has 2 aliphatic heterocycles. The standard InChI is InChI=1S/C23H25F3N4O3/c24-23(25,26)16-3-6-20(27-14-16)30-11-9-29(10-12-30)15-21(31)28-17-4-5-18-19(13-17)33-22(32-18)7-1-2-8-22/h3-6,13-14H,1-2,7-12,15H2,(H,28,31). The predicted molar refractivity (Wildman–Crippen MR) is 115 cm³/mol. The second-order valence-electron chi connectivity index (χ2n) is 8.70. The van der Waals surface area contributed by atoms with Crippen LogP contribution in [0.25, 0.3) is 0 Å². The summed E-state index contributed by atoms with van der Waals surface area (Å²) < 4.78 is 50.2. The molecule has 176 valence electrons. The lowest BCUT2D eigenvalue weighted by atomic mass is 10.2. The summed E-state index contributed by atoms with van der Waals surface area (Å²) in [6.07, 6.45) is 0.372. The number of benzene rings is 1. The number of amides is 1. The molecule has 0 atom stereocenters. The summed E-state index contributed by atoms with van der Waals surface area (Å²) in [5, 5.41) is 2.91. The first-order chi connectivity index (χ1) is 15.8. The number of ether oxygens (including phenoxy) is 2. The molecule has 3 heterocycles. The molecule has 1 saturated carbocycles. The van der Waals surface area contributed by atoms with Crippen LogP contribution >= 0.6 is 0 Å². The maximum absolute atomic E-state index is 12.7. The SMILES string of the molecule is O=C(CN1CCN(c2ccc(C(F)(F)F)cn2)CC1)Nc1ccc2c(c1)OC1(CCCC1)O2. The van der Waals surface area contributed by atoms with Crippen molar-refractivity contribution in [3.63, 3.8) is 0 Å². The molecule has 1 amide bonds. The van der Waals surface area contributed by atoms with Crippen LogP contribution in [0.3, 0.4) is 0 Å². The Labute approximate surface area is 189 Å². The van der Waals surface area contributed by atoms with Gasteiger partial charge in [-0.2, -0.15) is 13.2 Å². The minimum absolute atomic E-state index is 0.134. The Balaban J connectivity index is 1.11. The average molecular weight is 462 g/mol. The van der Waals surface area contributed by atoms with E-state index in [1.165, 1.54) is 6.07 Å². The summed E-state index contributed by atoms with van der Waals surface area (Å²) in [7, 11) is 0. The number of nitrogens with one attached hydrogen (secondary N) is 1. The van der Waals surface area contributed by atoms with Gasteiger partial charge in [0.1, 0.15) is 5.82 Å². The minimum atomic E-state index is -4.40. The molecular formula is C23H25F3N4O3. The second kappa shape index (κ2) is 8.40. The number of hydrogen-bond acceptors (Lipinski definition) is 6. The zero-order valence-corrected chi connectivity index (χ0v) is 18.0. The average Bonchev–Trinajstić information content (AvgIpc) is 3.39. The highest BCUT2D eigenvalue weighted by atomic mass is 19.4. The van der Waals surface area contributed by atoms with Crippen LogP contribution in [0, 0.1) is 0 Å². The molecule has 1 spiro atoms. The number of carbonyl (C=O) groups is 1. The lowest BCUT2D eigenvalue weighted by Gasteiger charge is -2.35. The molecule has 0 radical (unpaired) electrons. The molecule has 1 aromatic carbocycles. The largest absolute Gasteiger partial charge is 0.448 e. The van der Waals surface area contributed by atoms with Crippen molar-refractivity contribution in [1.82, 2.24) is 9.88 Å². The van der Waals surface area contributed by atoms with Gasteiger partial charge in [0.15, 0.2) is 11.5 Å². The van der Waals surface area contributed by atoms with Crippen LogP contribution < -0.4 is 19.7 Å². The number of fused-ring (bicyclic) bond motifs is 1. The summed E-state index contributed by atoms with van der Waals surface area (Å²) in [6, 6.07) is 7.87. The summed E-state index contributed by atoms with van der Waals surface area (Å²) in [5.41, 5.74) is -0.103. The van der Waals surface area contributed by atoms with Crippen LogP contribution in [0.15, 0.2) is 36.5 Å². The molecule has 5 rings (SSSR count). The summed E-state index contributed by atoms with van der Waals surface area (Å²) in [4.78, 5) is 20.4.